The predicted octanol–water partition coefficient (Wildman–Crippen LogP) is 2.57. The molecular formula is C15H17N3O. The zero-order valence-electron chi connectivity index (χ0n) is 10.8. The summed E-state index contributed by atoms with van der Waals surface area (Å²) in [5.74, 6) is 1.94. The summed E-state index contributed by atoms with van der Waals surface area (Å²) in [4.78, 5) is 4.61. The third-order valence-corrected chi connectivity index (χ3v) is 4.23. The summed E-state index contributed by atoms with van der Waals surface area (Å²) < 4.78 is 5.45. The van der Waals surface area contributed by atoms with Crippen molar-refractivity contribution in [3.05, 3.63) is 47.1 Å². The Morgan fingerprint density at radius 1 is 1.21 bits per heavy atom. The summed E-state index contributed by atoms with van der Waals surface area (Å²) in [5, 5.41) is 7.63. The van der Waals surface area contributed by atoms with Crippen LogP contribution in [0.1, 0.15) is 54.1 Å². The molecule has 0 amide bonds. The number of rotatable bonds is 2. The minimum Gasteiger partial charge on any atom is -0.338 e. The Bertz CT molecular complexity index is 587. The standard InChI is InChI=1S/C15H17N3O/c1-2-6-11-10(5-1)9-12(11)14-17-15(19-18-14)13-7-3-4-8-16-13/h1-2,5-6,12-13,16H,3-4,7-9H2. The van der Waals surface area contributed by atoms with Crippen molar-refractivity contribution >= 4 is 0 Å². The summed E-state index contributed by atoms with van der Waals surface area (Å²) in [7, 11) is 0. The van der Waals surface area contributed by atoms with Crippen molar-refractivity contribution in [2.45, 2.75) is 37.6 Å². The lowest BCUT2D eigenvalue weighted by Gasteiger charge is -2.27. The largest absolute Gasteiger partial charge is 0.338 e. The highest BCUT2D eigenvalue weighted by Gasteiger charge is 2.32. The number of piperidine rings is 1. The zero-order chi connectivity index (χ0) is 12.7. The lowest BCUT2D eigenvalue weighted by atomic mass is 9.77. The van der Waals surface area contributed by atoms with E-state index in [4.69, 9.17) is 4.52 Å². The molecule has 0 saturated carbocycles. The average Bonchev–Trinajstić information content (AvgIpc) is 2.91. The molecule has 4 heteroatoms. The molecule has 4 nitrogen and oxygen atoms in total. The normalized spacial score (nSPS) is 25.7. The van der Waals surface area contributed by atoms with Crippen LogP contribution in [0.4, 0.5) is 0 Å². The fraction of sp³-hybridized carbons (Fsp3) is 0.467. The predicted molar refractivity (Wildman–Crippen MR) is 70.9 cm³/mol. The van der Waals surface area contributed by atoms with Crippen LogP contribution in [0.15, 0.2) is 28.8 Å². The van der Waals surface area contributed by atoms with Gasteiger partial charge in [-0.3, -0.25) is 0 Å². The number of nitrogens with zero attached hydrogens (tertiary/aromatic N) is 2. The monoisotopic (exact) mass is 255 g/mol. The molecule has 2 aliphatic rings. The topological polar surface area (TPSA) is 51.0 Å². The Hall–Kier alpha value is -1.68. The molecule has 2 heterocycles. The fourth-order valence-electron chi connectivity index (χ4n) is 3.08. The van der Waals surface area contributed by atoms with Gasteiger partial charge in [0, 0.05) is 0 Å². The fourth-order valence-corrected chi connectivity index (χ4v) is 3.08. The molecule has 0 radical (unpaired) electrons. The van der Waals surface area contributed by atoms with Crippen LogP contribution < -0.4 is 5.32 Å². The molecule has 2 unspecified atom stereocenters. The second kappa shape index (κ2) is 4.46. The molecule has 0 spiro atoms. The van der Waals surface area contributed by atoms with Gasteiger partial charge in [0.2, 0.25) is 5.89 Å². The number of aromatic nitrogens is 2. The second-order valence-electron chi connectivity index (χ2n) is 5.45. The average molecular weight is 255 g/mol. The van der Waals surface area contributed by atoms with Crippen molar-refractivity contribution in [3.8, 4) is 0 Å². The van der Waals surface area contributed by atoms with Gasteiger partial charge in [0.15, 0.2) is 5.82 Å². The first-order valence-electron chi connectivity index (χ1n) is 7.06. The molecular weight excluding hydrogens is 238 g/mol. The van der Waals surface area contributed by atoms with E-state index in [-0.39, 0.29) is 6.04 Å². The molecule has 98 valence electrons. The first-order valence-corrected chi connectivity index (χ1v) is 7.06. The van der Waals surface area contributed by atoms with E-state index in [0.29, 0.717) is 5.92 Å². The maximum Gasteiger partial charge on any atom is 0.243 e. The molecule has 1 aromatic carbocycles. The molecule has 2 aromatic rings. The van der Waals surface area contributed by atoms with E-state index in [1.54, 1.807) is 0 Å². The minimum atomic E-state index is 0.255. The molecule has 1 fully saturated rings. The van der Waals surface area contributed by atoms with Crippen LogP contribution in [-0.4, -0.2) is 16.7 Å². The summed E-state index contributed by atoms with van der Waals surface area (Å²) >= 11 is 0. The van der Waals surface area contributed by atoms with Gasteiger partial charge in [0.1, 0.15) is 0 Å². The Morgan fingerprint density at radius 2 is 2.16 bits per heavy atom. The van der Waals surface area contributed by atoms with Gasteiger partial charge in [-0.2, -0.15) is 4.98 Å². The van der Waals surface area contributed by atoms with Crippen molar-refractivity contribution in [1.82, 2.24) is 15.5 Å². The summed E-state index contributed by atoms with van der Waals surface area (Å²) in [6, 6.07) is 8.76. The highest BCUT2D eigenvalue weighted by molar-refractivity contribution is 5.43. The van der Waals surface area contributed by atoms with Gasteiger partial charge < -0.3 is 9.84 Å². The number of hydrogen-bond donors (Lipinski definition) is 1. The van der Waals surface area contributed by atoms with Crippen LogP contribution in [0.3, 0.4) is 0 Å². The van der Waals surface area contributed by atoms with Crippen molar-refractivity contribution in [2.24, 2.45) is 0 Å². The van der Waals surface area contributed by atoms with Crippen LogP contribution in [0.2, 0.25) is 0 Å². The van der Waals surface area contributed by atoms with E-state index < -0.39 is 0 Å². The van der Waals surface area contributed by atoms with Crippen LogP contribution in [0.25, 0.3) is 0 Å². The number of benzene rings is 1. The highest BCUT2D eigenvalue weighted by atomic mass is 16.5. The lowest BCUT2D eigenvalue weighted by molar-refractivity contribution is 0.295. The lowest BCUT2D eigenvalue weighted by Crippen LogP contribution is -2.27. The van der Waals surface area contributed by atoms with Crippen LogP contribution in [0, 0.1) is 0 Å². The summed E-state index contributed by atoms with van der Waals surface area (Å²) in [6.45, 7) is 1.05. The van der Waals surface area contributed by atoms with Gasteiger partial charge in [-0.05, 0) is 36.9 Å². The van der Waals surface area contributed by atoms with Gasteiger partial charge in [-0.1, -0.05) is 35.8 Å². The van der Waals surface area contributed by atoms with Crippen molar-refractivity contribution < 1.29 is 4.52 Å². The minimum absolute atomic E-state index is 0.255. The first-order chi connectivity index (χ1) is 9.42. The molecule has 19 heavy (non-hydrogen) atoms. The maximum atomic E-state index is 5.45. The second-order valence-corrected chi connectivity index (χ2v) is 5.45. The number of fused-ring (bicyclic) bond motifs is 1. The summed E-state index contributed by atoms with van der Waals surface area (Å²) in [6.07, 6.45) is 4.62. The smallest absolute Gasteiger partial charge is 0.243 e. The number of hydrogen-bond acceptors (Lipinski definition) is 4. The molecule has 1 aromatic heterocycles. The van der Waals surface area contributed by atoms with Crippen molar-refractivity contribution in [2.75, 3.05) is 6.54 Å². The van der Waals surface area contributed by atoms with Crippen molar-refractivity contribution in [3.63, 3.8) is 0 Å². The molecule has 1 N–H and O–H groups in total. The first kappa shape index (κ1) is 11.2. The zero-order valence-corrected chi connectivity index (χ0v) is 10.8. The molecule has 0 bridgehead atoms. The Morgan fingerprint density at radius 3 is 3.00 bits per heavy atom. The summed E-state index contributed by atoms with van der Waals surface area (Å²) in [5.41, 5.74) is 2.76. The van der Waals surface area contributed by atoms with Gasteiger partial charge in [0.05, 0.1) is 12.0 Å². The van der Waals surface area contributed by atoms with E-state index in [1.165, 1.54) is 24.0 Å². The van der Waals surface area contributed by atoms with Gasteiger partial charge in [-0.15, -0.1) is 0 Å². The van der Waals surface area contributed by atoms with Gasteiger partial charge >= 0.3 is 0 Å². The number of nitrogens with one attached hydrogen (secondary N) is 1. The molecule has 4 rings (SSSR count). The van der Waals surface area contributed by atoms with E-state index in [0.717, 1.165) is 31.1 Å². The van der Waals surface area contributed by atoms with Crippen LogP contribution in [0.5, 0.6) is 0 Å². The van der Waals surface area contributed by atoms with E-state index in [1.807, 2.05) is 0 Å². The molecule has 1 aliphatic heterocycles. The molecule has 2 atom stereocenters. The van der Waals surface area contributed by atoms with Crippen LogP contribution in [-0.2, 0) is 6.42 Å². The Labute approximate surface area is 112 Å². The van der Waals surface area contributed by atoms with Gasteiger partial charge in [0.25, 0.3) is 0 Å². The third-order valence-electron chi connectivity index (χ3n) is 4.23. The van der Waals surface area contributed by atoms with E-state index in [9.17, 15) is 0 Å². The SMILES string of the molecule is c1ccc2c(c1)CC2c1noc(C2CCCCN2)n1. The molecule has 1 aliphatic carbocycles. The van der Waals surface area contributed by atoms with Gasteiger partial charge in [-0.25, -0.2) is 0 Å². The van der Waals surface area contributed by atoms with Crippen LogP contribution >= 0.6 is 0 Å². The van der Waals surface area contributed by atoms with E-state index >= 15 is 0 Å². The maximum absolute atomic E-state index is 5.45. The molecule has 1 saturated heterocycles. The Balaban J connectivity index is 1.56. The van der Waals surface area contributed by atoms with E-state index in [2.05, 4.69) is 39.7 Å². The quantitative estimate of drug-likeness (QED) is 0.896. The van der Waals surface area contributed by atoms with Crippen molar-refractivity contribution in [1.29, 1.82) is 0 Å². The highest BCUT2D eigenvalue weighted by Crippen LogP contribution is 2.38. The third kappa shape index (κ3) is 1.87. The Kier molecular flexibility index (Phi) is 2.62.